The SMILES string of the molecule is CN1CCN(C(=O)[C@H](NSc2ccc3[nH]c(=O)ccc3c2)c2ccccc2)CC1. The first-order valence-corrected chi connectivity index (χ1v) is 10.5. The number of hydrogen-bond acceptors (Lipinski definition) is 5. The van der Waals surface area contributed by atoms with Crippen LogP contribution in [0.5, 0.6) is 0 Å². The molecule has 1 amide bonds. The molecule has 1 aliphatic rings. The van der Waals surface area contributed by atoms with E-state index in [1.165, 1.54) is 18.0 Å². The molecule has 29 heavy (non-hydrogen) atoms. The number of pyridine rings is 1. The second-order valence-corrected chi connectivity index (χ2v) is 8.18. The fourth-order valence-electron chi connectivity index (χ4n) is 3.44. The maximum atomic E-state index is 13.3. The summed E-state index contributed by atoms with van der Waals surface area (Å²) in [5.41, 5.74) is 1.64. The molecular formula is C22H24N4O2S. The number of rotatable bonds is 5. The van der Waals surface area contributed by atoms with E-state index in [9.17, 15) is 9.59 Å². The minimum atomic E-state index is -0.420. The van der Waals surface area contributed by atoms with Gasteiger partial charge in [0.15, 0.2) is 0 Å². The van der Waals surface area contributed by atoms with Gasteiger partial charge in [-0.2, -0.15) is 0 Å². The van der Waals surface area contributed by atoms with E-state index in [-0.39, 0.29) is 11.5 Å². The average molecular weight is 409 g/mol. The number of amides is 1. The molecule has 2 N–H and O–H groups in total. The topological polar surface area (TPSA) is 68.4 Å². The molecule has 4 rings (SSSR count). The van der Waals surface area contributed by atoms with Crippen molar-refractivity contribution in [1.82, 2.24) is 19.5 Å². The zero-order chi connectivity index (χ0) is 20.2. The summed E-state index contributed by atoms with van der Waals surface area (Å²) in [5.74, 6) is 0.0990. The van der Waals surface area contributed by atoms with E-state index in [0.717, 1.165) is 47.5 Å². The van der Waals surface area contributed by atoms with Gasteiger partial charge in [-0.3, -0.25) is 9.59 Å². The molecule has 2 aromatic carbocycles. The molecule has 1 aromatic heterocycles. The number of carbonyl (C=O) groups is 1. The van der Waals surface area contributed by atoms with Crippen LogP contribution in [-0.2, 0) is 4.79 Å². The number of hydrogen-bond donors (Lipinski definition) is 2. The number of nitrogens with zero attached hydrogens (tertiary/aromatic N) is 2. The molecule has 7 heteroatoms. The van der Waals surface area contributed by atoms with Gasteiger partial charge in [-0.1, -0.05) is 30.3 Å². The van der Waals surface area contributed by atoms with Gasteiger partial charge in [0, 0.05) is 42.7 Å². The summed E-state index contributed by atoms with van der Waals surface area (Å²) >= 11 is 1.44. The van der Waals surface area contributed by atoms with Crippen LogP contribution >= 0.6 is 11.9 Å². The van der Waals surface area contributed by atoms with Gasteiger partial charge in [0.25, 0.3) is 0 Å². The number of carbonyl (C=O) groups excluding carboxylic acids is 1. The Balaban J connectivity index is 1.53. The van der Waals surface area contributed by atoms with E-state index < -0.39 is 6.04 Å². The third-order valence-corrected chi connectivity index (χ3v) is 6.03. The number of piperazine rings is 1. The molecule has 1 atom stereocenters. The van der Waals surface area contributed by atoms with Crippen molar-refractivity contribution in [2.75, 3.05) is 33.2 Å². The van der Waals surface area contributed by atoms with Crippen molar-refractivity contribution in [2.45, 2.75) is 10.9 Å². The Morgan fingerprint density at radius 2 is 1.79 bits per heavy atom. The molecule has 0 radical (unpaired) electrons. The van der Waals surface area contributed by atoms with Gasteiger partial charge in [-0.05, 0) is 54.2 Å². The van der Waals surface area contributed by atoms with Crippen LogP contribution in [0, 0.1) is 0 Å². The Bertz CT molecular complexity index is 1050. The predicted octanol–water partition coefficient (Wildman–Crippen LogP) is 2.64. The van der Waals surface area contributed by atoms with E-state index in [1.807, 2.05) is 59.5 Å². The number of aromatic nitrogens is 1. The highest BCUT2D eigenvalue weighted by atomic mass is 32.2. The summed E-state index contributed by atoms with van der Waals surface area (Å²) < 4.78 is 3.38. The molecule has 0 saturated carbocycles. The highest BCUT2D eigenvalue weighted by Crippen LogP contribution is 2.25. The Morgan fingerprint density at radius 1 is 1.03 bits per heavy atom. The molecule has 3 aromatic rings. The third-order valence-electron chi connectivity index (χ3n) is 5.18. The lowest BCUT2D eigenvalue weighted by atomic mass is 10.1. The first kappa shape index (κ1) is 19.7. The number of nitrogens with one attached hydrogen (secondary N) is 2. The van der Waals surface area contributed by atoms with Crippen molar-refractivity contribution >= 4 is 28.8 Å². The quantitative estimate of drug-likeness (QED) is 0.636. The largest absolute Gasteiger partial charge is 0.338 e. The van der Waals surface area contributed by atoms with Crippen LogP contribution in [-0.4, -0.2) is 53.9 Å². The van der Waals surface area contributed by atoms with E-state index in [1.54, 1.807) is 0 Å². The highest BCUT2D eigenvalue weighted by molar-refractivity contribution is 7.97. The second kappa shape index (κ2) is 8.82. The molecule has 150 valence electrons. The standard InChI is InChI=1S/C22H24N4O2S/c1-25-11-13-26(14-12-25)22(28)21(16-5-3-2-4-6-16)24-29-18-8-9-19-17(15-18)7-10-20(27)23-19/h2-10,15,21,24H,11-14H2,1H3,(H,23,27)/t21-/m1/s1. The molecule has 0 unspecified atom stereocenters. The van der Waals surface area contributed by atoms with Gasteiger partial charge in [0.05, 0.1) is 0 Å². The van der Waals surface area contributed by atoms with Crippen LogP contribution in [0.2, 0.25) is 0 Å². The number of aromatic amines is 1. The average Bonchev–Trinajstić information content (AvgIpc) is 2.75. The molecular weight excluding hydrogens is 384 g/mol. The van der Waals surface area contributed by atoms with Crippen molar-refractivity contribution in [1.29, 1.82) is 0 Å². The lowest BCUT2D eigenvalue weighted by molar-refractivity contribution is -0.134. The first-order chi connectivity index (χ1) is 14.1. The molecule has 1 saturated heterocycles. The number of likely N-dealkylation sites (N-methyl/N-ethyl adjacent to an activating group) is 1. The van der Waals surface area contributed by atoms with Crippen LogP contribution in [0.3, 0.4) is 0 Å². The smallest absolute Gasteiger partial charge is 0.248 e. The van der Waals surface area contributed by atoms with E-state index >= 15 is 0 Å². The van der Waals surface area contributed by atoms with Crippen molar-refractivity contribution in [3.05, 3.63) is 76.6 Å². The highest BCUT2D eigenvalue weighted by Gasteiger charge is 2.28. The van der Waals surface area contributed by atoms with Gasteiger partial charge >= 0.3 is 0 Å². The maximum Gasteiger partial charge on any atom is 0.248 e. The fourth-order valence-corrected chi connectivity index (χ4v) is 4.25. The Morgan fingerprint density at radius 3 is 2.55 bits per heavy atom. The van der Waals surface area contributed by atoms with Gasteiger partial charge in [0.2, 0.25) is 11.5 Å². The van der Waals surface area contributed by atoms with E-state index in [0.29, 0.717) is 0 Å². The van der Waals surface area contributed by atoms with Crippen LogP contribution in [0.4, 0.5) is 0 Å². The molecule has 0 aliphatic carbocycles. The van der Waals surface area contributed by atoms with Crippen molar-refractivity contribution < 1.29 is 4.79 Å². The fraction of sp³-hybridized carbons (Fsp3) is 0.273. The summed E-state index contributed by atoms with van der Waals surface area (Å²) in [6.45, 7) is 3.27. The van der Waals surface area contributed by atoms with E-state index in [2.05, 4.69) is 21.7 Å². The molecule has 0 spiro atoms. The van der Waals surface area contributed by atoms with Crippen LogP contribution in [0.1, 0.15) is 11.6 Å². The van der Waals surface area contributed by atoms with Crippen LogP contribution < -0.4 is 10.3 Å². The second-order valence-electron chi connectivity index (χ2n) is 7.26. The minimum absolute atomic E-state index is 0.0990. The van der Waals surface area contributed by atoms with Crippen molar-refractivity contribution in [3.8, 4) is 0 Å². The zero-order valence-corrected chi connectivity index (χ0v) is 17.1. The predicted molar refractivity (Wildman–Crippen MR) is 117 cm³/mol. The Kier molecular flexibility index (Phi) is 5.99. The van der Waals surface area contributed by atoms with Gasteiger partial charge in [-0.15, -0.1) is 0 Å². The normalized spacial score (nSPS) is 16.1. The lowest BCUT2D eigenvalue weighted by Crippen LogP contribution is -2.50. The van der Waals surface area contributed by atoms with Gasteiger partial charge in [-0.25, -0.2) is 4.72 Å². The lowest BCUT2D eigenvalue weighted by Gasteiger charge is -2.34. The molecule has 1 aliphatic heterocycles. The van der Waals surface area contributed by atoms with Gasteiger partial charge in [0.1, 0.15) is 6.04 Å². The van der Waals surface area contributed by atoms with Crippen LogP contribution in [0.25, 0.3) is 10.9 Å². The van der Waals surface area contributed by atoms with Crippen molar-refractivity contribution in [2.24, 2.45) is 0 Å². The van der Waals surface area contributed by atoms with E-state index in [4.69, 9.17) is 0 Å². The summed E-state index contributed by atoms with van der Waals surface area (Å²) in [4.78, 5) is 32.7. The Hall–Kier alpha value is -2.61. The maximum absolute atomic E-state index is 13.3. The Labute approximate surface area is 174 Å². The minimum Gasteiger partial charge on any atom is -0.338 e. The summed E-state index contributed by atoms with van der Waals surface area (Å²) in [6.07, 6.45) is 0. The van der Waals surface area contributed by atoms with Crippen molar-refractivity contribution in [3.63, 3.8) is 0 Å². The summed E-state index contributed by atoms with van der Waals surface area (Å²) in [7, 11) is 2.08. The van der Waals surface area contributed by atoms with Gasteiger partial charge < -0.3 is 14.8 Å². The first-order valence-electron chi connectivity index (χ1n) is 9.68. The number of H-pyrrole nitrogens is 1. The summed E-state index contributed by atoms with van der Waals surface area (Å²) in [6, 6.07) is 18.6. The number of benzene rings is 2. The van der Waals surface area contributed by atoms with Crippen LogP contribution in [0.15, 0.2) is 70.4 Å². The molecule has 6 nitrogen and oxygen atoms in total. The number of fused-ring (bicyclic) bond motifs is 1. The monoisotopic (exact) mass is 408 g/mol. The molecule has 1 fully saturated rings. The molecule has 0 bridgehead atoms. The third kappa shape index (κ3) is 4.70. The summed E-state index contributed by atoms with van der Waals surface area (Å²) in [5, 5.41) is 0.957. The molecule has 2 heterocycles. The zero-order valence-electron chi connectivity index (χ0n) is 16.3.